The third kappa shape index (κ3) is 1970. The summed E-state index contributed by atoms with van der Waals surface area (Å²) in [5.41, 5.74) is 0. The van der Waals surface area contributed by atoms with E-state index in [9.17, 15) is 8.42 Å². The molecule has 0 amide bonds. The SMILES string of the molecule is CS(C)=O.CS(C)=O. The van der Waals surface area contributed by atoms with E-state index in [4.69, 9.17) is 0 Å². The first-order chi connectivity index (χ1) is 3.46. The molecular weight excluding hydrogens is 144 g/mol. The third-order valence-corrected chi connectivity index (χ3v) is 0. The lowest BCUT2D eigenvalue weighted by atomic mass is 11.9. The highest BCUT2D eigenvalue weighted by Gasteiger charge is 1.58. The third-order valence-electron chi connectivity index (χ3n) is 0. The van der Waals surface area contributed by atoms with Gasteiger partial charge in [0.05, 0.1) is 0 Å². The van der Waals surface area contributed by atoms with Gasteiger partial charge in [0, 0.05) is 46.6 Å². The van der Waals surface area contributed by atoms with Gasteiger partial charge in [-0.15, -0.1) is 0 Å². The van der Waals surface area contributed by atoms with Crippen LogP contribution in [0.1, 0.15) is 0 Å². The standard InChI is InChI=1S/2C2H6OS/c2*1-4(2)3/h2*1-2H3. The van der Waals surface area contributed by atoms with Crippen molar-refractivity contribution in [1.29, 1.82) is 0 Å². The second kappa shape index (κ2) is 7.30. The average molecular weight is 156 g/mol. The predicted octanol–water partition coefficient (Wildman–Crippen LogP) is -0.0106. The van der Waals surface area contributed by atoms with Gasteiger partial charge in [0.15, 0.2) is 0 Å². The van der Waals surface area contributed by atoms with Crippen LogP contribution in [0.5, 0.6) is 0 Å². The van der Waals surface area contributed by atoms with Gasteiger partial charge >= 0.3 is 0 Å². The van der Waals surface area contributed by atoms with E-state index in [1.165, 1.54) is 0 Å². The molecule has 0 aliphatic rings. The maximum Gasteiger partial charge on any atom is 0.0148 e. The molecule has 0 aromatic heterocycles. The zero-order valence-electron chi connectivity index (χ0n) is 5.63. The van der Waals surface area contributed by atoms with Crippen LogP contribution in [0, 0.1) is 0 Å². The Morgan fingerprint density at radius 1 is 0.750 bits per heavy atom. The van der Waals surface area contributed by atoms with Crippen molar-refractivity contribution in [2.45, 2.75) is 0 Å². The summed E-state index contributed by atoms with van der Waals surface area (Å²) in [4.78, 5) is 0. The first-order valence-electron chi connectivity index (χ1n) is 1.97. The van der Waals surface area contributed by atoms with Gasteiger partial charge in [-0.05, 0) is 0 Å². The Morgan fingerprint density at radius 2 is 0.750 bits per heavy atom. The van der Waals surface area contributed by atoms with Gasteiger partial charge < -0.3 is 0 Å². The van der Waals surface area contributed by atoms with Gasteiger partial charge in [0.25, 0.3) is 0 Å². The fourth-order valence-corrected chi connectivity index (χ4v) is 0. The van der Waals surface area contributed by atoms with E-state index in [1.807, 2.05) is 0 Å². The Morgan fingerprint density at radius 3 is 0.750 bits per heavy atom. The highest BCUT2D eigenvalue weighted by Crippen LogP contribution is 1.47. The molecule has 4 heteroatoms. The van der Waals surface area contributed by atoms with Crippen molar-refractivity contribution in [3.8, 4) is 0 Å². The molecule has 0 aromatic rings. The molecule has 52 valence electrons. The van der Waals surface area contributed by atoms with Crippen LogP contribution in [0.3, 0.4) is 0 Å². The Balaban J connectivity index is 0. The first kappa shape index (κ1) is 11.1. The monoisotopic (exact) mass is 156 g/mol. The van der Waals surface area contributed by atoms with Crippen LogP contribution in [0.15, 0.2) is 0 Å². The van der Waals surface area contributed by atoms with Gasteiger partial charge in [-0.3, -0.25) is 8.42 Å². The molecule has 0 bridgehead atoms. The summed E-state index contributed by atoms with van der Waals surface area (Å²) in [5.74, 6) is 0. The molecule has 0 rings (SSSR count). The Kier molecular flexibility index (Phi) is 10.2. The molecule has 0 unspecified atom stereocenters. The maximum atomic E-state index is 9.56. The van der Waals surface area contributed by atoms with Crippen molar-refractivity contribution in [1.82, 2.24) is 0 Å². The van der Waals surface area contributed by atoms with E-state index >= 15 is 0 Å². The molecule has 0 heterocycles. The van der Waals surface area contributed by atoms with Crippen LogP contribution in [-0.2, 0) is 21.6 Å². The van der Waals surface area contributed by atoms with Gasteiger partial charge in [0.1, 0.15) is 0 Å². The average Bonchev–Trinajstić information content (AvgIpc) is 1.25. The van der Waals surface area contributed by atoms with Crippen molar-refractivity contribution in [2.75, 3.05) is 25.0 Å². The summed E-state index contributed by atoms with van der Waals surface area (Å²) in [7, 11) is -1.22. The fraction of sp³-hybridized carbons (Fsp3) is 1.00. The predicted molar refractivity (Wildman–Crippen MR) is 40.0 cm³/mol. The zero-order valence-corrected chi connectivity index (χ0v) is 7.27. The summed E-state index contributed by atoms with van der Waals surface area (Å²) < 4.78 is 19.1. The Labute approximate surface area is 55.6 Å². The molecule has 0 N–H and O–H groups in total. The second-order valence-corrected chi connectivity index (χ2v) is 4.45. The van der Waals surface area contributed by atoms with Crippen molar-refractivity contribution in [2.24, 2.45) is 0 Å². The van der Waals surface area contributed by atoms with Crippen LogP contribution < -0.4 is 0 Å². The minimum Gasteiger partial charge on any atom is -0.260 e. The summed E-state index contributed by atoms with van der Waals surface area (Å²) in [6.45, 7) is 0. The summed E-state index contributed by atoms with van der Waals surface area (Å²) in [5, 5.41) is 0. The van der Waals surface area contributed by atoms with Crippen LogP contribution >= 0.6 is 0 Å². The number of hydrogen-bond acceptors (Lipinski definition) is 2. The van der Waals surface area contributed by atoms with Gasteiger partial charge in [-0.25, -0.2) is 0 Å². The lowest BCUT2D eigenvalue weighted by molar-refractivity contribution is 0.689. The van der Waals surface area contributed by atoms with Crippen LogP contribution in [0.25, 0.3) is 0 Å². The molecule has 8 heavy (non-hydrogen) atoms. The Bertz CT molecular complexity index is 70.0. The largest absolute Gasteiger partial charge is 0.260 e. The van der Waals surface area contributed by atoms with Crippen molar-refractivity contribution in [3.05, 3.63) is 0 Å². The van der Waals surface area contributed by atoms with Gasteiger partial charge in [0.2, 0.25) is 0 Å². The highest BCUT2D eigenvalue weighted by atomic mass is 32.2. The van der Waals surface area contributed by atoms with E-state index in [0.29, 0.717) is 0 Å². The minimum atomic E-state index is -0.611. The van der Waals surface area contributed by atoms with E-state index in [1.54, 1.807) is 25.0 Å². The minimum absolute atomic E-state index is 0.611. The lowest BCUT2D eigenvalue weighted by Crippen LogP contribution is -1.70. The molecule has 0 fully saturated rings. The smallest absolute Gasteiger partial charge is 0.0148 e. The maximum absolute atomic E-state index is 9.56. The van der Waals surface area contributed by atoms with Crippen molar-refractivity contribution in [3.63, 3.8) is 0 Å². The van der Waals surface area contributed by atoms with Crippen molar-refractivity contribution >= 4 is 21.6 Å². The molecule has 0 atom stereocenters. The molecule has 0 aliphatic heterocycles. The normalized spacial score (nSPS) is 8.75. The molecule has 2 nitrogen and oxygen atoms in total. The molecule has 0 aliphatic carbocycles. The van der Waals surface area contributed by atoms with Crippen molar-refractivity contribution < 1.29 is 8.42 Å². The first-order valence-corrected chi connectivity index (χ1v) is 5.90. The van der Waals surface area contributed by atoms with E-state index in [0.717, 1.165) is 0 Å². The molecule has 0 radical (unpaired) electrons. The number of hydrogen-bond donors (Lipinski definition) is 0. The summed E-state index contributed by atoms with van der Waals surface area (Å²) in [6.07, 6.45) is 6.56. The van der Waals surface area contributed by atoms with Crippen LogP contribution in [0.2, 0.25) is 0 Å². The highest BCUT2D eigenvalue weighted by molar-refractivity contribution is 7.83. The quantitative estimate of drug-likeness (QED) is 0.494. The van der Waals surface area contributed by atoms with E-state index in [2.05, 4.69) is 0 Å². The van der Waals surface area contributed by atoms with E-state index in [-0.39, 0.29) is 0 Å². The zero-order chi connectivity index (χ0) is 7.15. The topological polar surface area (TPSA) is 34.1 Å². The van der Waals surface area contributed by atoms with Crippen LogP contribution in [0.4, 0.5) is 0 Å². The van der Waals surface area contributed by atoms with Gasteiger partial charge in [-0.1, -0.05) is 0 Å². The second-order valence-electron chi connectivity index (χ2n) is 1.48. The molecular formula is C4H12O2S2. The Hall–Kier alpha value is 0.300. The molecule has 0 spiro atoms. The van der Waals surface area contributed by atoms with Gasteiger partial charge in [-0.2, -0.15) is 0 Å². The van der Waals surface area contributed by atoms with Crippen LogP contribution in [-0.4, -0.2) is 33.4 Å². The fourth-order valence-electron chi connectivity index (χ4n) is 0. The lowest BCUT2D eigenvalue weighted by Gasteiger charge is -1.60. The number of rotatable bonds is 0. The summed E-state index contributed by atoms with van der Waals surface area (Å²) in [6, 6.07) is 0. The van der Waals surface area contributed by atoms with E-state index < -0.39 is 21.6 Å². The molecule has 0 saturated heterocycles. The summed E-state index contributed by atoms with van der Waals surface area (Å²) >= 11 is 0. The molecule has 0 aromatic carbocycles. The molecule has 0 saturated carbocycles.